The van der Waals surface area contributed by atoms with Crippen LogP contribution in [-0.2, 0) is 4.79 Å². The number of aliphatic hydroxyl groups is 1. The van der Waals surface area contributed by atoms with Crippen LogP contribution in [0.1, 0.15) is 34.6 Å². The molecule has 0 saturated carbocycles. The number of carbonyl (C=O) groups is 1. The Bertz CT molecular complexity index is 261. The molecule has 0 aliphatic heterocycles. The molecule has 0 aliphatic carbocycles. The molecule has 0 saturated heterocycles. The zero-order valence-electron chi connectivity index (χ0n) is 10.1. The molecule has 0 aromatic carbocycles. The molecule has 0 rings (SSSR count). The molecule has 0 bridgehead atoms. The molecule has 0 spiro atoms. The summed E-state index contributed by atoms with van der Waals surface area (Å²) in [6.07, 6.45) is 1.59. The summed E-state index contributed by atoms with van der Waals surface area (Å²) in [5.41, 5.74) is -1.03. The van der Waals surface area contributed by atoms with Crippen LogP contribution < -0.4 is 5.32 Å². The van der Waals surface area contributed by atoms with Gasteiger partial charge in [0.05, 0.1) is 5.60 Å². The first kappa shape index (κ1) is 14.1. The molecule has 0 fully saturated rings. The summed E-state index contributed by atoms with van der Waals surface area (Å²) < 4.78 is 0. The minimum Gasteiger partial charge on any atom is -0.478 e. The van der Waals surface area contributed by atoms with Gasteiger partial charge in [0.1, 0.15) is 0 Å². The predicted octanol–water partition coefficient (Wildman–Crippen LogP) is 1.16. The Morgan fingerprint density at radius 1 is 1.33 bits per heavy atom. The first-order valence-electron chi connectivity index (χ1n) is 4.95. The molecule has 88 valence electrons. The summed E-state index contributed by atoms with van der Waals surface area (Å²) in [6, 6.07) is 0. The lowest BCUT2D eigenvalue weighted by molar-refractivity contribution is -0.132. The largest absolute Gasteiger partial charge is 0.478 e. The third-order valence-corrected chi connectivity index (χ3v) is 2.82. The first-order chi connectivity index (χ1) is 6.58. The normalized spacial score (nSPS) is 14.1. The number of carboxylic acid groups (broad SMARTS) is 1. The second kappa shape index (κ2) is 4.77. The summed E-state index contributed by atoms with van der Waals surface area (Å²) >= 11 is 0. The monoisotopic (exact) mass is 215 g/mol. The van der Waals surface area contributed by atoms with Gasteiger partial charge in [-0.1, -0.05) is 6.08 Å². The van der Waals surface area contributed by atoms with E-state index >= 15 is 0 Å². The van der Waals surface area contributed by atoms with Gasteiger partial charge in [0.2, 0.25) is 0 Å². The van der Waals surface area contributed by atoms with E-state index in [1.807, 2.05) is 13.8 Å². The van der Waals surface area contributed by atoms with Crippen molar-refractivity contribution in [2.24, 2.45) is 0 Å². The third-order valence-electron chi connectivity index (χ3n) is 2.82. The molecule has 0 unspecified atom stereocenters. The van der Waals surface area contributed by atoms with Gasteiger partial charge in [0.15, 0.2) is 0 Å². The summed E-state index contributed by atoms with van der Waals surface area (Å²) in [5, 5.41) is 21.5. The van der Waals surface area contributed by atoms with Crippen molar-refractivity contribution in [1.82, 2.24) is 5.32 Å². The smallest absolute Gasteiger partial charge is 0.330 e. The van der Waals surface area contributed by atoms with E-state index in [1.54, 1.807) is 26.8 Å². The molecular weight excluding hydrogens is 194 g/mol. The van der Waals surface area contributed by atoms with Crippen LogP contribution in [0.15, 0.2) is 11.6 Å². The van der Waals surface area contributed by atoms with Crippen LogP contribution in [0.2, 0.25) is 0 Å². The first-order valence-corrected chi connectivity index (χ1v) is 4.95. The molecule has 3 N–H and O–H groups in total. The van der Waals surface area contributed by atoms with Crippen LogP contribution in [-0.4, -0.2) is 33.9 Å². The molecule has 15 heavy (non-hydrogen) atoms. The van der Waals surface area contributed by atoms with Crippen molar-refractivity contribution in [3.05, 3.63) is 11.6 Å². The second-order valence-electron chi connectivity index (χ2n) is 4.76. The molecule has 0 radical (unpaired) electrons. The van der Waals surface area contributed by atoms with E-state index in [4.69, 9.17) is 5.11 Å². The zero-order valence-corrected chi connectivity index (χ0v) is 10.1. The molecule has 4 heteroatoms. The Morgan fingerprint density at radius 3 is 2.13 bits per heavy atom. The van der Waals surface area contributed by atoms with E-state index in [2.05, 4.69) is 5.32 Å². The second-order valence-corrected chi connectivity index (χ2v) is 4.76. The number of carboxylic acids is 1. The average Bonchev–Trinajstić information content (AvgIpc) is 2.01. The van der Waals surface area contributed by atoms with Crippen molar-refractivity contribution in [2.75, 3.05) is 6.54 Å². The fourth-order valence-corrected chi connectivity index (χ4v) is 0.763. The summed E-state index contributed by atoms with van der Waals surface area (Å²) in [6.45, 7) is 9.14. The highest BCUT2D eigenvalue weighted by Gasteiger charge is 2.33. The molecule has 4 nitrogen and oxygen atoms in total. The maximum Gasteiger partial charge on any atom is 0.330 e. The Kier molecular flexibility index (Phi) is 4.49. The molecular formula is C11H21NO3. The van der Waals surface area contributed by atoms with Gasteiger partial charge in [0, 0.05) is 17.7 Å². The van der Waals surface area contributed by atoms with Crippen LogP contribution in [0.25, 0.3) is 0 Å². The van der Waals surface area contributed by atoms with Crippen LogP contribution in [0.5, 0.6) is 0 Å². The van der Waals surface area contributed by atoms with Gasteiger partial charge in [-0.25, -0.2) is 4.79 Å². The highest BCUT2D eigenvalue weighted by molar-refractivity contribution is 5.85. The summed E-state index contributed by atoms with van der Waals surface area (Å²) in [5.74, 6) is -0.919. The lowest BCUT2D eigenvalue weighted by atomic mass is 9.86. The molecule has 0 heterocycles. The van der Waals surface area contributed by atoms with E-state index in [1.165, 1.54) is 0 Å². The van der Waals surface area contributed by atoms with Gasteiger partial charge in [-0.15, -0.1) is 0 Å². The van der Waals surface area contributed by atoms with Gasteiger partial charge in [-0.3, -0.25) is 0 Å². The third kappa shape index (κ3) is 4.44. The Balaban J connectivity index is 4.30. The van der Waals surface area contributed by atoms with Gasteiger partial charge < -0.3 is 15.5 Å². The van der Waals surface area contributed by atoms with Crippen molar-refractivity contribution in [3.8, 4) is 0 Å². The van der Waals surface area contributed by atoms with Crippen LogP contribution in [0.4, 0.5) is 0 Å². The van der Waals surface area contributed by atoms with Crippen molar-refractivity contribution in [1.29, 1.82) is 0 Å². The molecule has 0 amide bonds. The Labute approximate surface area is 91.0 Å². The number of hydrogen-bond donors (Lipinski definition) is 3. The SMILES string of the molecule is CC(=CCNC(C)(C)C(C)(C)O)C(=O)O. The number of aliphatic carboxylic acids is 1. The standard InChI is InChI=1S/C11H21NO3/c1-8(9(13)14)6-7-12-10(2,3)11(4,5)15/h6,12,15H,7H2,1-5H3,(H,13,14). The average molecular weight is 215 g/mol. The zero-order chi connectivity index (χ0) is 12.3. The molecule has 0 aromatic rings. The van der Waals surface area contributed by atoms with Crippen molar-refractivity contribution in [3.63, 3.8) is 0 Å². The van der Waals surface area contributed by atoms with E-state index in [-0.39, 0.29) is 0 Å². The molecule has 0 aromatic heterocycles. The minimum atomic E-state index is -0.919. The molecule has 0 aliphatic rings. The maximum absolute atomic E-state index is 10.5. The highest BCUT2D eigenvalue weighted by Crippen LogP contribution is 2.20. The van der Waals surface area contributed by atoms with Crippen LogP contribution in [0, 0.1) is 0 Å². The van der Waals surface area contributed by atoms with Crippen molar-refractivity contribution >= 4 is 5.97 Å². The fourth-order valence-electron chi connectivity index (χ4n) is 0.763. The quantitative estimate of drug-likeness (QED) is 0.602. The Hall–Kier alpha value is -0.870. The molecule has 0 atom stereocenters. The van der Waals surface area contributed by atoms with Crippen LogP contribution >= 0.6 is 0 Å². The van der Waals surface area contributed by atoms with Gasteiger partial charge in [-0.2, -0.15) is 0 Å². The van der Waals surface area contributed by atoms with E-state index in [0.29, 0.717) is 12.1 Å². The number of hydrogen-bond acceptors (Lipinski definition) is 3. The lowest BCUT2D eigenvalue weighted by Crippen LogP contribution is -2.55. The van der Waals surface area contributed by atoms with E-state index in [9.17, 15) is 9.90 Å². The minimum absolute atomic E-state index is 0.300. The topological polar surface area (TPSA) is 69.6 Å². The van der Waals surface area contributed by atoms with Crippen molar-refractivity contribution < 1.29 is 15.0 Å². The lowest BCUT2D eigenvalue weighted by Gasteiger charge is -2.38. The number of nitrogens with one attached hydrogen (secondary N) is 1. The van der Waals surface area contributed by atoms with Gasteiger partial charge in [0.25, 0.3) is 0 Å². The van der Waals surface area contributed by atoms with Gasteiger partial charge >= 0.3 is 5.97 Å². The summed E-state index contributed by atoms with van der Waals surface area (Å²) in [7, 11) is 0. The van der Waals surface area contributed by atoms with Crippen molar-refractivity contribution in [2.45, 2.75) is 45.8 Å². The Morgan fingerprint density at radius 2 is 1.80 bits per heavy atom. The van der Waals surface area contributed by atoms with E-state index in [0.717, 1.165) is 0 Å². The predicted molar refractivity (Wildman–Crippen MR) is 59.8 cm³/mol. The number of rotatable bonds is 5. The van der Waals surface area contributed by atoms with E-state index < -0.39 is 17.1 Å². The van der Waals surface area contributed by atoms with Crippen LogP contribution in [0.3, 0.4) is 0 Å². The van der Waals surface area contributed by atoms with Gasteiger partial charge in [-0.05, 0) is 34.6 Å². The highest BCUT2D eigenvalue weighted by atomic mass is 16.4. The fraction of sp³-hybridized carbons (Fsp3) is 0.727. The summed E-state index contributed by atoms with van der Waals surface area (Å²) in [4.78, 5) is 10.5. The maximum atomic E-state index is 10.5.